The minimum Gasteiger partial charge on any atom is -0.322 e. The summed E-state index contributed by atoms with van der Waals surface area (Å²) < 4.78 is 0. The fourth-order valence-corrected chi connectivity index (χ4v) is 2.63. The fraction of sp³-hybridized carbons (Fsp3) is 0.0909. The lowest BCUT2D eigenvalue weighted by molar-refractivity contribution is 0.101. The molecule has 2 aromatic carbocycles. The smallest absolute Gasteiger partial charge is 0.255 e. The quantitative estimate of drug-likeness (QED) is 0.781. The summed E-state index contributed by atoms with van der Waals surface area (Å²) in [7, 11) is 0. The number of carbonyl (C=O) groups excluding carboxylic acids is 2. The van der Waals surface area contributed by atoms with E-state index in [-0.39, 0.29) is 11.7 Å². The van der Waals surface area contributed by atoms with Gasteiger partial charge in [-0.2, -0.15) is 0 Å². The molecule has 2 aromatic rings. The SMILES string of the molecule is C=Cc1ccc(NC(=O)c2ccc(C(=O)C3=CCCC=C3)cc2)cc1. The van der Waals surface area contributed by atoms with E-state index in [1.807, 2.05) is 42.5 Å². The molecule has 0 bridgehead atoms. The predicted octanol–water partition coefficient (Wildman–Crippen LogP) is 5.04. The van der Waals surface area contributed by atoms with E-state index in [1.165, 1.54) is 0 Å². The average molecular weight is 329 g/mol. The molecule has 3 heteroatoms. The third kappa shape index (κ3) is 4.01. The van der Waals surface area contributed by atoms with Gasteiger partial charge in [0.1, 0.15) is 0 Å². The zero-order valence-corrected chi connectivity index (χ0v) is 13.9. The van der Waals surface area contributed by atoms with Gasteiger partial charge in [-0.1, -0.05) is 55.1 Å². The van der Waals surface area contributed by atoms with Gasteiger partial charge in [0.25, 0.3) is 5.91 Å². The maximum absolute atomic E-state index is 12.4. The molecule has 0 radical (unpaired) electrons. The lowest BCUT2D eigenvalue weighted by Gasteiger charge is -2.08. The van der Waals surface area contributed by atoms with Crippen LogP contribution in [0.2, 0.25) is 0 Å². The highest BCUT2D eigenvalue weighted by Crippen LogP contribution is 2.17. The summed E-state index contributed by atoms with van der Waals surface area (Å²) in [5.41, 5.74) is 3.52. The molecule has 3 nitrogen and oxygen atoms in total. The van der Waals surface area contributed by atoms with E-state index in [0.717, 1.165) is 18.4 Å². The molecular formula is C22H19NO2. The molecule has 0 spiro atoms. The Morgan fingerprint density at radius 1 is 0.920 bits per heavy atom. The van der Waals surface area contributed by atoms with Crippen molar-refractivity contribution in [3.63, 3.8) is 0 Å². The number of rotatable bonds is 5. The highest BCUT2D eigenvalue weighted by atomic mass is 16.1. The molecule has 124 valence electrons. The Kier molecular flexibility index (Phi) is 5.05. The minimum absolute atomic E-state index is 0.0112. The summed E-state index contributed by atoms with van der Waals surface area (Å²) in [4.78, 5) is 24.7. The van der Waals surface area contributed by atoms with Crippen molar-refractivity contribution in [2.24, 2.45) is 0 Å². The van der Waals surface area contributed by atoms with E-state index in [0.29, 0.717) is 22.4 Å². The van der Waals surface area contributed by atoms with Gasteiger partial charge in [-0.3, -0.25) is 9.59 Å². The van der Waals surface area contributed by atoms with Crippen LogP contribution in [0.1, 0.15) is 39.1 Å². The van der Waals surface area contributed by atoms with Gasteiger partial charge < -0.3 is 5.32 Å². The molecule has 0 fully saturated rings. The summed E-state index contributed by atoms with van der Waals surface area (Å²) >= 11 is 0. The number of Topliss-reactive ketones (excluding diaryl/α,β-unsaturated/α-hetero) is 1. The number of hydrogen-bond donors (Lipinski definition) is 1. The van der Waals surface area contributed by atoms with Crippen LogP contribution < -0.4 is 5.32 Å². The maximum atomic E-state index is 12.4. The van der Waals surface area contributed by atoms with Crippen molar-refractivity contribution < 1.29 is 9.59 Å². The normalized spacial score (nSPS) is 13.0. The third-order valence-corrected chi connectivity index (χ3v) is 4.07. The second kappa shape index (κ2) is 7.58. The molecule has 25 heavy (non-hydrogen) atoms. The summed E-state index contributed by atoms with van der Waals surface area (Å²) in [6.07, 6.45) is 9.44. The first kappa shape index (κ1) is 16.7. The van der Waals surface area contributed by atoms with E-state index in [2.05, 4.69) is 11.9 Å². The van der Waals surface area contributed by atoms with Crippen molar-refractivity contribution in [2.45, 2.75) is 12.8 Å². The van der Waals surface area contributed by atoms with Crippen LogP contribution in [0.4, 0.5) is 5.69 Å². The van der Waals surface area contributed by atoms with Crippen LogP contribution in [0.5, 0.6) is 0 Å². The second-order valence-electron chi connectivity index (χ2n) is 5.83. The van der Waals surface area contributed by atoms with Crippen LogP contribution in [0, 0.1) is 0 Å². The molecule has 1 N–H and O–H groups in total. The first-order chi connectivity index (χ1) is 12.2. The zero-order valence-electron chi connectivity index (χ0n) is 13.9. The van der Waals surface area contributed by atoms with Crippen LogP contribution in [0.3, 0.4) is 0 Å². The highest BCUT2D eigenvalue weighted by Gasteiger charge is 2.12. The van der Waals surface area contributed by atoms with Gasteiger partial charge in [-0.25, -0.2) is 0 Å². The Bertz CT molecular complexity index is 856. The Balaban J connectivity index is 1.69. The molecule has 0 heterocycles. The molecule has 1 aliphatic rings. The number of nitrogens with one attached hydrogen (secondary N) is 1. The second-order valence-corrected chi connectivity index (χ2v) is 5.83. The van der Waals surface area contributed by atoms with Gasteiger partial charge in [0.15, 0.2) is 5.78 Å². The Labute approximate surface area is 147 Å². The number of benzene rings is 2. The van der Waals surface area contributed by atoms with Crippen molar-refractivity contribution in [3.8, 4) is 0 Å². The van der Waals surface area contributed by atoms with Crippen LogP contribution >= 0.6 is 0 Å². The maximum Gasteiger partial charge on any atom is 0.255 e. The predicted molar refractivity (Wildman–Crippen MR) is 102 cm³/mol. The van der Waals surface area contributed by atoms with E-state index in [1.54, 1.807) is 30.3 Å². The summed E-state index contributed by atoms with van der Waals surface area (Å²) in [5.74, 6) is -0.218. The van der Waals surface area contributed by atoms with Crippen molar-refractivity contribution in [1.29, 1.82) is 0 Å². The molecule has 1 aliphatic carbocycles. The van der Waals surface area contributed by atoms with Crippen LogP contribution in [0.25, 0.3) is 6.08 Å². The Hall–Kier alpha value is -3.20. The topological polar surface area (TPSA) is 46.2 Å². The summed E-state index contributed by atoms with van der Waals surface area (Å²) in [6, 6.07) is 14.2. The number of amides is 1. The van der Waals surface area contributed by atoms with Gasteiger partial charge in [0, 0.05) is 22.4 Å². The van der Waals surface area contributed by atoms with Gasteiger partial charge >= 0.3 is 0 Å². The van der Waals surface area contributed by atoms with E-state index >= 15 is 0 Å². The Morgan fingerprint density at radius 3 is 2.20 bits per heavy atom. The van der Waals surface area contributed by atoms with Crippen molar-refractivity contribution in [1.82, 2.24) is 0 Å². The van der Waals surface area contributed by atoms with Crippen molar-refractivity contribution >= 4 is 23.5 Å². The molecular weight excluding hydrogens is 310 g/mol. The molecule has 0 saturated carbocycles. The first-order valence-electron chi connectivity index (χ1n) is 8.23. The lowest BCUT2D eigenvalue weighted by atomic mass is 9.97. The monoisotopic (exact) mass is 329 g/mol. The van der Waals surface area contributed by atoms with E-state index < -0.39 is 0 Å². The number of ketones is 1. The molecule has 0 saturated heterocycles. The van der Waals surface area contributed by atoms with Crippen LogP contribution in [-0.4, -0.2) is 11.7 Å². The lowest BCUT2D eigenvalue weighted by Crippen LogP contribution is -2.12. The van der Waals surface area contributed by atoms with E-state index in [4.69, 9.17) is 0 Å². The largest absolute Gasteiger partial charge is 0.322 e. The fourth-order valence-electron chi connectivity index (χ4n) is 2.63. The van der Waals surface area contributed by atoms with Gasteiger partial charge in [-0.15, -0.1) is 0 Å². The van der Waals surface area contributed by atoms with Gasteiger partial charge in [0.05, 0.1) is 0 Å². The molecule has 0 unspecified atom stereocenters. The standard InChI is InChI=1S/C22H19NO2/c1-2-16-8-14-20(15-9-16)23-22(25)19-12-10-18(11-13-19)21(24)17-6-4-3-5-7-17/h2,4,6-15H,1,3,5H2,(H,23,25). The van der Waals surface area contributed by atoms with Crippen LogP contribution in [-0.2, 0) is 0 Å². The molecule has 0 aromatic heterocycles. The van der Waals surface area contributed by atoms with Gasteiger partial charge in [0.2, 0.25) is 0 Å². The molecule has 0 atom stereocenters. The molecule has 0 aliphatic heterocycles. The number of hydrogen-bond acceptors (Lipinski definition) is 2. The molecule has 1 amide bonds. The molecule has 3 rings (SSSR count). The Morgan fingerprint density at radius 2 is 1.60 bits per heavy atom. The first-order valence-corrected chi connectivity index (χ1v) is 8.23. The average Bonchev–Trinajstić information content (AvgIpc) is 2.69. The number of carbonyl (C=O) groups is 2. The van der Waals surface area contributed by atoms with E-state index in [9.17, 15) is 9.59 Å². The third-order valence-electron chi connectivity index (χ3n) is 4.07. The van der Waals surface area contributed by atoms with Gasteiger partial charge in [-0.05, 0) is 42.7 Å². The highest BCUT2D eigenvalue weighted by molar-refractivity contribution is 6.11. The summed E-state index contributed by atoms with van der Waals surface area (Å²) in [5, 5.41) is 2.84. The van der Waals surface area contributed by atoms with Crippen molar-refractivity contribution in [2.75, 3.05) is 5.32 Å². The van der Waals surface area contributed by atoms with Crippen molar-refractivity contribution in [3.05, 3.63) is 95.6 Å². The number of anilines is 1. The zero-order chi connectivity index (χ0) is 17.6. The minimum atomic E-state index is -0.206. The number of allylic oxidation sites excluding steroid dienone is 4. The van der Waals surface area contributed by atoms with Crippen LogP contribution in [0.15, 0.2) is 78.9 Å². The summed E-state index contributed by atoms with van der Waals surface area (Å²) in [6.45, 7) is 3.70.